The molecule has 2 aliphatic heterocycles. The minimum absolute atomic E-state index is 0.0251. The van der Waals surface area contributed by atoms with Crippen molar-refractivity contribution in [1.29, 1.82) is 0 Å². The van der Waals surface area contributed by atoms with Crippen molar-refractivity contribution >= 4 is 18.9 Å². The molecule has 0 spiro atoms. The summed E-state index contributed by atoms with van der Waals surface area (Å²) in [6, 6.07) is 4.86. The minimum atomic E-state index is -1.19. The van der Waals surface area contributed by atoms with E-state index in [1.807, 2.05) is 0 Å². The molecular weight excluding hydrogens is 351 g/mol. The third-order valence-corrected chi connectivity index (χ3v) is 5.22. The van der Waals surface area contributed by atoms with Gasteiger partial charge < -0.3 is 19.9 Å². The summed E-state index contributed by atoms with van der Waals surface area (Å²) in [6.07, 6.45) is 0.600. The number of aliphatic hydroxyl groups is 1. The lowest BCUT2D eigenvalue weighted by Gasteiger charge is -2.34. The molecule has 0 bridgehead atoms. The number of carboxylic acids is 1. The molecule has 27 heavy (non-hydrogen) atoms. The third kappa shape index (κ3) is 4.87. The third-order valence-electron chi connectivity index (χ3n) is 5.22. The van der Waals surface area contributed by atoms with Gasteiger partial charge in [0.25, 0.3) is 0 Å². The molecule has 0 aliphatic carbocycles. The molecule has 1 fully saturated rings. The van der Waals surface area contributed by atoms with Crippen molar-refractivity contribution in [2.45, 2.75) is 18.7 Å². The van der Waals surface area contributed by atoms with Gasteiger partial charge in [-0.25, -0.2) is 4.79 Å². The van der Waals surface area contributed by atoms with E-state index in [2.05, 4.69) is 9.80 Å². The topological polar surface area (TPSA) is 111 Å². The van der Waals surface area contributed by atoms with Gasteiger partial charge in [-0.1, -0.05) is 12.1 Å². The molecule has 0 unspecified atom stereocenters. The number of carboxylic acid groups (broad SMARTS) is 1. The van der Waals surface area contributed by atoms with Crippen LogP contribution in [-0.4, -0.2) is 89.8 Å². The van der Waals surface area contributed by atoms with Gasteiger partial charge >= 0.3 is 13.1 Å². The number of fused-ring (bicyclic) bond motifs is 1. The highest BCUT2D eigenvalue weighted by Gasteiger charge is 2.38. The lowest BCUT2D eigenvalue weighted by atomic mass is 9.64. The van der Waals surface area contributed by atoms with Gasteiger partial charge in [0.15, 0.2) is 0 Å². The van der Waals surface area contributed by atoms with Crippen molar-refractivity contribution in [2.24, 2.45) is 0 Å². The van der Waals surface area contributed by atoms with Crippen molar-refractivity contribution in [3.8, 4) is 5.75 Å². The number of aliphatic hydroxyl groups excluding tert-OH is 1. The Labute approximate surface area is 158 Å². The highest BCUT2D eigenvalue weighted by atomic mass is 16.5. The van der Waals surface area contributed by atoms with Crippen LogP contribution < -0.4 is 4.65 Å². The fraction of sp³-hybridized carbons (Fsp3) is 0.556. The van der Waals surface area contributed by atoms with Gasteiger partial charge in [-0.05, 0) is 18.1 Å². The molecule has 0 radical (unpaired) electrons. The Morgan fingerprint density at radius 1 is 1.19 bits per heavy atom. The largest absolute Gasteiger partial charge is 0.535 e. The second-order valence-electron chi connectivity index (χ2n) is 7.16. The SMILES string of the molecule is O=C(C[C@H]1Cc2cccc(C(=O)O)c2OB1O)CN1CCN(CCO)CC1. The van der Waals surface area contributed by atoms with Crippen LogP contribution in [0.25, 0.3) is 0 Å². The number of aromatic carboxylic acids is 1. The molecule has 0 aromatic heterocycles. The van der Waals surface area contributed by atoms with Crippen molar-refractivity contribution in [3.63, 3.8) is 0 Å². The maximum Gasteiger partial charge on any atom is 0.526 e. The van der Waals surface area contributed by atoms with E-state index in [0.717, 1.165) is 26.2 Å². The molecule has 1 atom stereocenters. The number of para-hydroxylation sites is 1. The molecule has 1 aromatic rings. The Morgan fingerprint density at radius 3 is 2.56 bits per heavy atom. The molecule has 1 saturated heterocycles. The maximum atomic E-state index is 12.5. The van der Waals surface area contributed by atoms with Gasteiger partial charge in [0.1, 0.15) is 11.5 Å². The van der Waals surface area contributed by atoms with Crippen LogP contribution in [-0.2, 0) is 11.2 Å². The zero-order valence-electron chi connectivity index (χ0n) is 15.2. The number of β-amino-alcohol motifs (C(OH)–C–C–N with tert-alkyl or cyclic N) is 1. The second-order valence-corrected chi connectivity index (χ2v) is 7.16. The fourth-order valence-corrected chi connectivity index (χ4v) is 3.75. The number of rotatable bonds is 7. The van der Waals surface area contributed by atoms with Crippen LogP contribution in [0.1, 0.15) is 22.3 Å². The van der Waals surface area contributed by atoms with Crippen LogP contribution in [0.4, 0.5) is 0 Å². The maximum absolute atomic E-state index is 12.5. The van der Waals surface area contributed by atoms with Crippen LogP contribution in [0, 0.1) is 0 Å². The number of hydrogen-bond acceptors (Lipinski definition) is 7. The average molecular weight is 376 g/mol. The van der Waals surface area contributed by atoms with Crippen LogP contribution in [0.15, 0.2) is 18.2 Å². The van der Waals surface area contributed by atoms with Crippen molar-refractivity contribution < 1.29 is 29.5 Å². The zero-order chi connectivity index (χ0) is 19.4. The predicted octanol–water partition coefficient (Wildman–Crippen LogP) is -0.260. The van der Waals surface area contributed by atoms with E-state index in [1.165, 1.54) is 6.07 Å². The number of carbonyl (C=O) groups excluding carboxylic acids is 1. The van der Waals surface area contributed by atoms with E-state index >= 15 is 0 Å². The smallest absolute Gasteiger partial charge is 0.526 e. The Hall–Kier alpha value is -1.94. The van der Waals surface area contributed by atoms with Gasteiger partial charge in [0, 0.05) is 45.0 Å². The number of piperazine rings is 1. The Bertz CT molecular complexity index is 692. The van der Waals surface area contributed by atoms with Crippen LogP contribution >= 0.6 is 0 Å². The lowest BCUT2D eigenvalue weighted by Crippen LogP contribution is -2.48. The highest BCUT2D eigenvalue weighted by Crippen LogP contribution is 2.36. The number of Topliss-reactive ketones (excluding diaryl/α,β-unsaturated/α-hetero) is 1. The molecule has 0 saturated carbocycles. The number of hydrogen-bond donors (Lipinski definition) is 3. The van der Waals surface area contributed by atoms with Gasteiger partial charge in [-0.3, -0.25) is 14.6 Å². The first-order valence-electron chi connectivity index (χ1n) is 9.25. The van der Waals surface area contributed by atoms with Gasteiger partial charge in [-0.2, -0.15) is 0 Å². The van der Waals surface area contributed by atoms with Crippen LogP contribution in [0.5, 0.6) is 5.75 Å². The molecule has 3 N–H and O–H groups in total. The van der Waals surface area contributed by atoms with Crippen LogP contribution in [0.3, 0.4) is 0 Å². The summed E-state index contributed by atoms with van der Waals surface area (Å²) >= 11 is 0. The van der Waals surface area contributed by atoms with E-state index in [1.54, 1.807) is 12.1 Å². The van der Waals surface area contributed by atoms with Gasteiger partial charge in [0.2, 0.25) is 0 Å². The first-order valence-corrected chi connectivity index (χ1v) is 9.25. The van der Waals surface area contributed by atoms with Crippen LogP contribution in [0.2, 0.25) is 5.82 Å². The molecule has 9 heteroatoms. The Balaban J connectivity index is 1.55. The van der Waals surface area contributed by atoms with Crippen molar-refractivity contribution in [2.75, 3.05) is 45.9 Å². The number of ketones is 1. The number of benzene rings is 1. The molecule has 146 valence electrons. The lowest BCUT2D eigenvalue weighted by molar-refractivity contribution is -0.120. The predicted molar refractivity (Wildman–Crippen MR) is 99.0 cm³/mol. The average Bonchev–Trinajstić information content (AvgIpc) is 2.63. The second kappa shape index (κ2) is 8.84. The standard InChI is InChI=1S/C18H25BN2O6/c22-9-8-20-4-6-21(7-5-20)12-15(23)11-14-10-13-2-1-3-16(18(24)25)17(13)27-19(14)26/h1-3,14,22,26H,4-12H2,(H,24,25)/t14-/m1/s1. The summed E-state index contributed by atoms with van der Waals surface area (Å²) in [5, 5.41) is 28.5. The molecular formula is C18H25BN2O6. The van der Waals surface area contributed by atoms with E-state index in [4.69, 9.17) is 9.76 Å². The van der Waals surface area contributed by atoms with Gasteiger partial charge in [-0.15, -0.1) is 0 Å². The van der Waals surface area contributed by atoms with E-state index in [9.17, 15) is 19.7 Å². The number of nitrogens with zero attached hydrogens (tertiary/aromatic N) is 2. The Morgan fingerprint density at radius 2 is 1.89 bits per heavy atom. The molecule has 0 amide bonds. The summed E-state index contributed by atoms with van der Waals surface area (Å²) in [4.78, 5) is 28.0. The summed E-state index contributed by atoms with van der Waals surface area (Å²) < 4.78 is 5.45. The summed E-state index contributed by atoms with van der Waals surface area (Å²) in [7, 11) is -1.19. The van der Waals surface area contributed by atoms with Gasteiger partial charge in [0.05, 0.1) is 18.7 Å². The first kappa shape index (κ1) is 19.8. The monoisotopic (exact) mass is 376 g/mol. The Kier molecular flexibility index (Phi) is 6.48. The highest BCUT2D eigenvalue weighted by molar-refractivity contribution is 6.47. The minimum Gasteiger partial charge on any atom is -0.535 e. The fourth-order valence-electron chi connectivity index (χ4n) is 3.75. The van der Waals surface area contributed by atoms with E-state index in [-0.39, 0.29) is 35.9 Å². The summed E-state index contributed by atoms with van der Waals surface area (Å²) in [5.74, 6) is -1.25. The summed E-state index contributed by atoms with van der Waals surface area (Å²) in [6.45, 7) is 4.34. The quantitative estimate of drug-likeness (QED) is 0.559. The molecule has 8 nitrogen and oxygen atoms in total. The van der Waals surface area contributed by atoms with E-state index < -0.39 is 13.1 Å². The zero-order valence-corrected chi connectivity index (χ0v) is 15.2. The molecule has 1 aromatic carbocycles. The first-order chi connectivity index (χ1) is 13.0. The van der Waals surface area contributed by atoms with Crippen molar-refractivity contribution in [1.82, 2.24) is 9.80 Å². The van der Waals surface area contributed by atoms with E-state index in [0.29, 0.717) is 25.1 Å². The normalized spacial score (nSPS) is 20.8. The molecule has 3 rings (SSSR count). The van der Waals surface area contributed by atoms with Crippen molar-refractivity contribution in [3.05, 3.63) is 29.3 Å². The summed E-state index contributed by atoms with van der Waals surface area (Å²) in [5.41, 5.74) is 0.729. The molecule has 2 heterocycles. The molecule has 2 aliphatic rings. The number of carbonyl (C=O) groups is 2.